The molecule has 0 spiro atoms. The van der Waals surface area contributed by atoms with Crippen LogP contribution in [0.4, 0.5) is 0 Å². The SMILES string of the molecule is CCCNC(C#N)Cn1cc(Cl)cn1. The lowest BCUT2D eigenvalue weighted by Gasteiger charge is -2.09. The number of nitriles is 1. The number of nitrogens with zero attached hydrogens (tertiary/aromatic N) is 3. The summed E-state index contributed by atoms with van der Waals surface area (Å²) in [6.45, 7) is 3.43. The predicted molar refractivity (Wildman–Crippen MR) is 54.9 cm³/mol. The van der Waals surface area contributed by atoms with Crippen molar-refractivity contribution >= 4 is 11.6 Å². The minimum atomic E-state index is -0.203. The Hall–Kier alpha value is -1.05. The van der Waals surface area contributed by atoms with Crippen molar-refractivity contribution in [2.75, 3.05) is 6.54 Å². The Bertz CT molecular complexity index is 315. The molecular weight excluding hydrogens is 200 g/mol. The molecule has 0 radical (unpaired) electrons. The Labute approximate surface area is 88.5 Å². The third-order valence-electron chi connectivity index (χ3n) is 1.77. The third-order valence-corrected chi connectivity index (χ3v) is 1.96. The molecule has 1 atom stereocenters. The standard InChI is InChI=1S/C9H13ClN4/c1-2-3-12-9(4-11)7-14-6-8(10)5-13-14/h5-6,9,12H,2-3,7H2,1H3. The van der Waals surface area contributed by atoms with Crippen LogP contribution < -0.4 is 5.32 Å². The molecule has 5 heteroatoms. The van der Waals surface area contributed by atoms with E-state index < -0.39 is 0 Å². The highest BCUT2D eigenvalue weighted by atomic mass is 35.5. The summed E-state index contributed by atoms with van der Waals surface area (Å²) in [6.07, 6.45) is 4.29. The maximum atomic E-state index is 8.83. The van der Waals surface area contributed by atoms with E-state index in [2.05, 4.69) is 23.4 Å². The first kappa shape index (κ1) is 11.0. The predicted octanol–water partition coefficient (Wildman–Crippen LogP) is 1.43. The molecule has 4 nitrogen and oxygen atoms in total. The molecule has 1 N–H and O–H groups in total. The Morgan fingerprint density at radius 1 is 1.79 bits per heavy atom. The van der Waals surface area contributed by atoms with Crippen molar-refractivity contribution in [2.24, 2.45) is 0 Å². The van der Waals surface area contributed by atoms with Crippen LogP contribution in [0.15, 0.2) is 12.4 Å². The Morgan fingerprint density at radius 2 is 2.57 bits per heavy atom. The molecule has 1 aromatic heterocycles. The van der Waals surface area contributed by atoms with Crippen molar-refractivity contribution in [3.63, 3.8) is 0 Å². The van der Waals surface area contributed by atoms with E-state index in [9.17, 15) is 0 Å². The second-order valence-corrected chi connectivity index (χ2v) is 3.45. The van der Waals surface area contributed by atoms with Gasteiger partial charge in [0, 0.05) is 6.20 Å². The fourth-order valence-electron chi connectivity index (χ4n) is 1.09. The first-order valence-electron chi connectivity index (χ1n) is 4.57. The van der Waals surface area contributed by atoms with E-state index in [-0.39, 0.29) is 6.04 Å². The summed E-state index contributed by atoms with van der Waals surface area (Å²) in [7, 11) is 0. The number of hydrogen-bond donors (Lipinski definition) is 1. The van der Waals surface area contributed by atoms with Crippen molar-refractivity contribution in [1.29, 1.82) is 5.26 Å². The van der Waals surface area contributed by atoms with Gasteiger partial charge < -0.3 is 5.32 Å². The van der Waals surface area contributed by atoms with E-state index in [1.807, 2.05) is 0 Å². The van der Waals surface area contributed by atoms with Crippen LogP contribution in [0.25, 0.3) is 0 Å². The smallest absolute Gasteiger partial charge is 0.115 e. The highest BCUT2D eigenvalue weighted by Gasteiger charge is 2.07. The van der Waals surface area contributed by atoms with Crippen LogP contribution in [0.2, 0.25) is 5.02 Å². The zero-order valence-electron chi connectivity index (χ0n) is 8.07. The van der Waals surface area contributed by atoms with Gasteiger partial charge in [0.15, 0.2) is 0 Å². The Balaban J connectivity index is 2.45. The molecule has 0 aliphatic heterocycles. The molecule has 0 saturated carbocycles. The zero-order valence-corrected chi connectivity index (χ0v) is 8.83. The largest absolute Gasteiger partial charge is 0.300 e. The van der Waals surface area contributed by atoms with Gasteiger partial charge in [-0.25, -0.2) is 0 Å². The lowest BCUT2D eigenvalue weighted by atomic mass is 10.3. The molecule has 0 amide bonds. The lowest BCUT2D eigenvalue weighted by Crippen LogP contribution is -2.32. The van der Waals surface area contributed by atoms with Gasteiger partial charge in [0.25, 0.3) is 0 Å². The maximum absolute atomic E-state index is 8.83. The van der Waals surface area contributed by atoms with Gasteiger partial charge >= 0.3 is 0 Å². The number of nitrogens with one attached hydrogen (secondary N) is 1. The fraction of sp³-hybridized carbons (Fsp3) is 0.556. The van der Waals surface area contributed by atoms with Crippen molar-refractivity contribution in [1.82, 2.24) is 15.1 Å². The van der Waals surface area contributed by atoms with E-state index in [1.54, 1.807) is 17.1 Å². The van der Waals surface area contributed by atoms with E-state index in [0.717, 1.165) is 13.0 Å². The summed E-state index contributed by atoms with van der Waals surface area (Å²) in [6, 6.07) is 1.98. The summed E-state index contributed by atoms with van der Waals surface area (Å²) < 4.78 is 1.67. The molecule has 1 aromatic rings. The van der Waals surface area contributed by atoms with E-state index >= 15 is 0 Å². The highest BCUT2D eigenvalue weighted by Crippen LogP contribution is 2.04. The highest BCUT2D eigenvalue weighted by molar-refractivity contribution is 6.30. The molecule has 1 heterocycles. The minimum absolute atomic E-state index is 0.203. The molecule has 14 heavy (non-hydrogen) atoms. The first-order chi connectivity index (χ1) is 6.76. The van der Waals surface area contributed by atoms with Gasteiger partial charge in [0.05, 0.1) is 23.8 Å². The zero-order chi connectivity index (χ0) is 10.4. The van der Waals surface area contributed by atoms with Crippen LogP contribution in [0.1, 0.15) is 13.3 Å². The van der Waals surface area contributed by atoms with Crippen LogP contribution in [0.5, 0.6) is 0 Å². The molecule has 76 valence electrons. The molecule has 1 rings (SSSR count). The quantitative estimate of drug-likeness (QED) is 0.804. The third kappa shape index (κ3) is 3.36. The van der Waals surface area contributed by atoms with Gasteiger partial charge in [-0.3, -0.25) is 4.68 Å². The average Bonchev–Trinajstić information content (AvgIpc) is 2.58. The van der Waals surface area contributed by atoms with Gasteiger partial charge in [-0.2, -0.15) is 10.4 Å². The van der Waals surface area contributed by atoms with Crippen LogP contribution in [-0.2, 0) is 6.54 Å². The van der Waals surface area contributed by atoms with Crippen LogP contribution >= 0.6 is 11.6 Å². The Kier molecular flexibility index (Phi) is 4.44. The van der Waals surface area contributed by atoms with E-state index in [4.69, 9.17) is 16.9 Å². The molecular formula is C9H13ClN4. The maximum Gasteiger partial charge on any atom is 0.115 e. The van der Waals surface area contributed by atoms with Gasteiger partial charge in [0.1, 0.15) is 6.04 Å². The molecule has 0 fully saturated rings. The number of halogens is 1. The molecule has 0 aliphatic carbocycles. The fourth-order valence-corrected chi connectivity index (χ4v) is 1.25. The topological polar surface area (TPSA) is 53.6 Å². The second kappa shape index (κ2) is 5.63. The summed E-state index contributed by atoms with van der Waals surface area (Å²) in [5.74, 6) is 0. The summed E-state index contributed by atoms with van der Waals surface area (Å²) in [5.41, 5.74) is 0. The van der Waals surface area contributed by atoms with Crippen LogP contribution in [0.3, 0.4) is 0 Å². The molecule has 0 aliphatic rings. The van der Waals surface area contributed by atoms with Crippen molar-refractivity contribution in [2.45, 2.75) is 25.9 Å². The second-order valence-electron chi connectivity index (χ2n) is 3.02. The van der Waals surface area contributed by atoms with Crippen LogP contribution in [-0.4, -0.2) is 22.4 Å². The van der Waals surface area contributed by atoms with Crippen molar-refractivity contribution < 1.29 is 0 Å². The first-order valence-corrected chi connectivity index (χ1v) is 4.95. The molecule has 0 bridgehead atoms. The van der Waals surface area contributed by atoms with Crippen LogP contribution in [0, 0.1) is 11.3 Å². The number of aromatic nitrogens is 2. The average molecular weight is 213 g/mol. The molecule has 1 unspecified atom stereocenters. The van der Waals surface area contributed by atoms with E-state index in [1.165, 1.54) is 0 Å². The minimum Gasteiger partial charge on any atom is -0.300 e. The Morgan fingerprint density at radius 3 is 3.07 bits per heavy atom. The van der Waals surface area contributed by atoms with Crippen molar-refractivity contribution in [3.8, 4) is 6.07 Å². The molecule has 0 aromatic carbocycles. The monoisotopic (exact) mass is 212 g/mol. The number of hydrogen-bond acceptors (Lipinski definition) is 3. The van der Waals surface area contributed by atoms with Gasteiger partial charge in [0.2, 0.25) is 0 Å². The normalized spacial score (nSPS) is 12.4. The summed E-state index contributed by atoms with van der Waals surface area (Å²) in [5, 5.41) is 16.5. The molecule has 0 saturated heterocycles. The summed E-state index contributed by atoms with van der Waals surface area (Å²) in [4.78, 5) is 0. The summed E-state index contributed by atoms with van der Waals surface area (Å²) >= 11 is 5.70. The number of rotatable bonds is 5. The van der Waals surface area contributed by atoms with Gasteiger partial charge in [-0.05, 0) is 13.0 Å². The van der Waals surface area contributed by atoms with Gasteiger partial charge in [-0.1, -0.05) is 18.5 Å². The lowest BCUT2D eigenvalue weighted by molar-refractivity contribution is 0.491. The van der Waals surface area contributed by atoms with Gasteiger partial charge in [-0.15, -0.1) is 0 Å². The van der Waals surface area contributed by atoms with Crippen molar-refractivity contribution in [3.05, 3.63) is 17.4 Å². The van der Waals surface area contributed by atoms with E-state index in [0.29, 0.717) is 11.6 Å².